The monoisotopic (exact) mass is 401 g/mol. The highest BCUT2D eigenvalue weighted by Gasteiger charge is 2.27. The molecule has 8 heteroatoms. The summed E-state index contributed by atoms with van der Waals surface area (Å²) < 4.78 is 20.5. The third-order valence-electron chi connectivity index (χ3n) is 4.81. The number of nitrogens with zero attached hydrogens (tertiary/aromatic N) is 3. The Balaban J connectivity index is 1.68. The van der Waals surface area contributed by atoms with Crippen LogP contribution in [0.4, 0.5) is 10.2 Å². The lowest BCUT2D eigenvalue weighted by Crippen LogP contribution is -2.30. The van der Waals surface area contributed by atoms with Gasteiger partial charge in [-0.1, -0.05) is 23.7 Å². The number of benzene rings is 1. The van der Waals surface area contributed by atoms with E-state index >= 15 is 0 Å². The van der Waals surface area contributed by atoms with Crippen molar-refractivity contribution in [1.29, 1.82) is 0 Å². The Morgan fingerprint density at radius 3 is 2.89 bits per heavy atom. The van der Waals surface area contributed by atoms with Crippen molar-refractivity contribution in [1.82, 2.24) is 20.3 Å². The topological polar surface area (TPSA) is 72.0 Å². The van der Waals surface area contributed by atoms with E-state index < -0.39 is 11.4 Å². The van der Waals surface area contributed by atoms with Crippen LogP contribution in [0.2, 0.25) is 5.02 Å². The summed E-state index contributed by atoms with van der Waals surface area (Å²) in [5.41, 5.74) is 0.916. The molecule has 6 nitrogen and oxygen atoms in total. The number of nitrogens with one attached hydrogen (secondary N) is 2. The number of halogens is 2. The van der Waals surface area contributed by atoms with Crippen molar-refractivity contribution < 1.29 is 9.13 Å². The zero-order valence-corrected chi connectivity index (χ0v) is 16.4. The lowest BCUT2D eigenvalue weighted by molar-refractivity contribution is 0.215. The van der Waals surface area contributed by atoms with Gasteiger partial charge in [-0.15, -0.1) is 0 Å². The molecule has 3 heterocycles. The lowest BCUT2D eigenvalue weighted by Gasteiger charge is -2.28. The van der Waals surface area contributed by atoms with Crippen LogP contribution in [0, 0.1) is 5.82 Å². The summed E-state index contributed by atoms with van der Waals surface area (Å²) in [5.74, 6) is 0.570. The maximum Gasteiger partial charge on any atom is 0.214 e. The second-order valence-electron chi connectivity index (χ2n) is 7.32. The molecule has 4 rings (SSSR count). The molecule has 2 aromatic heterocycles. The fourth-order valence-electron chi connectivity index (χ4n) is 3.33. The predicted octanol–water partition coefficient (Wildman–Crippen LogP) is 3.91. The minimum Gasteiger partial charge on any atom is -0.473 e. The largest absolute Gasteiger partial charge is 0.473 e. The molecule has 1 aliphatic rings. The molecule has 0 aliphatic carbocycles. The number of ether oxygens (including phenoxy) is 1. The predicted molar refractivity (Wildman–Crippen MR) is 107 cm³/mol. The van der Waals surface area contributed by atoms with E-state index in [1.165, 1.54) is 12.4 Å². The summed E-state index contributed by atoms with van der Waals surface area (Å²) in [6.45, 7) is 5.46. The Kier molecular flexibility index (Phi) is 5.03. The quantitative estimate of drug-likeness (QED) is 0.675. The van der Waals surface area contributed by atoms with Gasteiger partial charge >= 0.3 is 0 Å². The van der Waals surface area contributed by atoms with E-state index in [2.05, 4.69) is 25.6 Å². The number of aromatic nitrogens is 3. The molecule has 0 unspecified atom stereocenters. The van der Waals surface area contributed by atoms with Crippen LogP contribution < -0.4 is 15.4 Å². The van der Waals surface area contributed by atoms with Crippen molar-refractivity contribution in [2.24, 2.45) is 0 Å². The molecule has 1 atom stereocenters. The lowest BCUT2D eigenvalue weighted by atomic mass is 9.93. The number of rotatable bonds is 5. The van der Waals surface area contributed by atoms with E-state index in [1.54, 1.807) is 18.2 Å². The first kappa shape index (κ1) is 18.8. The molecule has 3 aromatic rings. The highest BCUT2D eigenvalue weighted by molar-refractivity contribution is 6.30. The normalized spacial score (nSPS) is 17.1. The van der Waals surface area contributed by atoms with E-state index in [1.807, 2.05) is 19.9 Å². The van der Waals surface area contributed by atoms with Crippen LogP contribution in [0.5, 0.6) is 5.88 Å². The second-order valence-corrected chi connectivity index (χ2v) is 7.73. The second kappa shape index (κ2) is 7.48. The van der Waals surface area contributed by atoms with Gasteiger partial charge in [-0.3, -0.25) is 0 Å². The van der Waals surface area contributed by atoms with Crippen LogP contribution in [-0.2, 0) is 5.54 Å². The summed E-state index contributed by atoms with van der Waals surface area (Å²) in [5, 5.41) is 6.63. The summed E-state index contributed by atoms with van der Waals surface area (Å²) in [6.07, 6.45) is 2.50. The molecule has 0 bridgehead atoms. The van der Waals surface area contributed by atoms with Crippen LogP contribution in [0.3, 0.4) is 0 Å². The van der Waals surface area contributed by atoms with Gasteiger partial charge < -0.3 is 15.4 Å². The molecular weight excluding hydrogens is 381 g/mol. The van der Waals surface area contributed by atoms with Gasteiger partial charge in [-0.05, 0) is 38.9 Å². The Morgan fingerprint density at radius 1 is 1.25 bits per heavy atom. The first-order chi connectivity index (χ1) is 13.4. The van der Waals surface area contributed by atoms with Crippen LogP contribution in [-0.4, -0.2) is 34.1 Å². The van der Waals surface area contributed by atoms with Gasteiger partial charge in [0, 0.05) is 18.2 Å². The van der Waals surface area contributed by atoms with E-state index in [-0.39, 0.29) is 11.1 Å². The summed E-state index contributed by atoms with van der Waals surface area (Å²) in [7, 11) is 0. The number of hydrogen-bond acceptors (Lipinski definition) is 6. The van der Waals surface area contributed by atoms with Gasteiger partial charge in [0.1, 0.15) is 23.8 Å². The zero-order valence-electron chi connectivity index (χ0n) is 15.7. The molecule has 1 aromatic carbocycles. The molecule has 0 saturated carbocycles. The summed E-state index contributed by atoms with van der Waals surface area (Å²) >= 11 is 5.96. The molecule has 2 N–H and O–H groups in total. The van der Waals surface area contributed by atoms with E-state index in [0.29, 0.717) is 28.3 Å². The average Bonchev–Trinajstić information content (AvgIpc) is 3.17. The van der Waals surface area contributed by atoms with E-state index in [9.17, 15) is 4.39 Å². The number of anilines is 1. The smallest absolute Gasteiger partial charge is 0.214 e. The van der Waals surface area contributed by atoms with Crippen LogP contribution >= 0.6 is 11.6 Å². The molecule has 1 saturated heterocycles. The van der Waals surface area contributed by atoms with Gasteiger partial charge in [-0.2, -0.15) is 0 Å². The summed E-state index contributed by atoms with van der Waals surface area (Å²) in [4.78, 5) is 13.2. The molecule has 28 heavy (non-hydrogen) atoms. The maximum atomic E-state index is 14.6. The third-order valence-corrected chi connectivity index (χ3v) is 5.11. The molecule has 1 aliphatic heterocycles. The Bertz CT molecular complexity index is 1010. The standard InChI is InChI=1S/C20H21ClFN5O/c1-20(2,13-4-3-5-14(21)17(13)22)27-19-18-15(24-11-25-19)6-7-16(26-18)28-12-8-9-23-10-12/h3-7,11-12,23H,8-10H2,1-2H3,(H,24,25,27)/t12-/m0/s1. The van der Waals surface area contributed by atoms with Gasteiger partial charge in [0.2, 0.25) is 5.88 Å². The highest BCUT2D eigenvalue weighted by atomic mass is 35.5. The average molecular weight is 402 g/mol. The van der Waals surface area contributed by atoms with Crippen molar-refractivity contribution in [3.8, 4) is 5.88 Å². The van der Waals surface area contributed by atoms with Gasteiger partial charge in [-0.25, -0.2) is 19.3 Å². The number of fused-ring (bicyclic) bond motifs is 1. The SMILES string of the molecule is CC(C)(Nc1ncnc2ccc(O[C@H]3CCNC3)nc12)c1cccc(Cl)c1F. The van der Waals surface area contributed by atoms with E-state index in [4.69, 9.17) is 16.3 Å². The molecule has 146 valence electrons. The fraction of sp³-hybridized carbons (Fsp3) is 0.350. The van der Waals surface area contributed by atoms with Crippen molar-refractivity contribution in [2.75, 3.05) is 18.4 Å². The Labute approximate surface area is 167 Å². The molecule has 0 radical (unpaired) electrons. The minimum atomic E-state index is -0.774. The van der Waals surface area contributed by atoms with E-state index in [0.717, 1.165) is 19.5 Å². The Morgan fingerprint density at radius 2 is 2.11 bits per heavy atom. The molecular formula is C20H21ClFN5O. The highest BCUT2D eigenvalue weighted by Crippen LogP contribution is 2.32. The maximum absolute atomic E-state index is 14.6. The Hall–Kier alpha value is -2.51. The molecule has 0 spiro atoms. The number of pyridine rings is 1. The molecule has 0 amide bonds. The van der Waals surface area contributed by atoms with Gasteiger partial charge in [0.05, 0.1) is 16.1 Å². The fourth-order valence-corrected chi connectivity index (χ4v) is 3.50. The van der Waals surface area contributed by atoms with Crippen molar-refractivity contribution in [3.63, 3.8) is 0 Å². The third kappa shape index (κ3) is 3.72. The van der Waals surface area contributed by atoms with Crippen LogP contribution in [0.1, 0.15) is 25.8 Å². The summed E-state index contributed by atoms with van der Waals surface area (Å²) in [6, 6.07) is 8.60. The van der Waals surface area contributed by atoms with Crippen molar-refractivity contribution >= 4 is 28.5 Å². The van der Waals surface area contributed by atoms with Crippen LogP contribution in [0.25, 0.3) is 11.0 Å². The van der Waals surface area contributed by atoms with Gasteiger partial charge in [0.25, 0.3) is 0 Å². The van der Waals surface area contributed by atoms with Crippen molar-refractivity contribution in [2.45, 2.75) is 31.9 Å². The molecule has 1 fully saturated rings. The van der Waals surface area contributed by atoms with Gasteiger partial charge in [0.15, 0.2) is 5.82 Å². The first-order valence-corrected chi connectivity index (χ1v) is 9.53. The number of hydrogen-bond donors (Lipinski definition) is 2. The zero-order chi connectivity index (χ0) is 19.7. The minimum absolute atomic E-state index is 0.0823. The van der Waals surface area contributed by atoms with Crippen LogP contribution in [0.15, 0.2) is 36.7 Å². The first-order valence-electron chi connectivity index (χ1n) is 9.16. The van der Waals surface area contributed by atoms with Crippen molar-refractivity contribution in [3.05, 3.63) is 53.1 Å².